The first-order valence-electron chi connectivity index (χ1n) is 3.81. The summed E-state index contributed by atoms with van der Waals surface area (Å²) in [4.78, 5) is 0. The maximum absolute atomic E-state index is 5.54. The van der Waals surface area contributed by atoms with Crippen LogP contribution in [0.15, 0.2) is 24.3 Å². The predicted octanol–water partition coefficient (Wildman–Crippen LogP) is 1.56. The minimum Gasteiger partial charge on any atom is -0.314 e. The van der Waals surface area contributed by atoms with Gasteiger partial charge in [0.05, 0.1) is 5.69 Å². The van der Waals surface area contributed by atoms with Gasteiger partial charge in [0.25, 0.3) is 0 Å². The molecule has 0 spiro atoms. The van der Waals surface area contributed by atoms with E-state index in [9.17, 15) is 0 Å². The zero-order chi connectivity index (χ0) is 8.27. The van der Waals surface area contributed by atoms with Crippen LogP contribution in [-0.2, 0) is 6.42 Å². The van der Waals surface area contributed by atoms with Gasteiger partial charge in [-0.2, -0.15) is 0 Å². The van der Waals surface area contributed by atoms with Gasteiger partial charge in [-0.1, -0.05) is 19.1 Å². The molecule has 0 fully saturated rings. The maximum atomic E-state index is 5.54. The second-order valence-corrected chi connectivity index (χ2v) is 2.63. The van der Waals surface area contributed by atoms with Gasteiger partial charge in [0.2, 0.25) is 0 Å². The Hall–Kier alpha value is -1.02. The Labute approximate surface area is 67.6 Å². The zero-order valence-corrected chi connectivity index (χ0v) is 7.04. The van der Waals surface area contributed by atoms with E-state index in [1.54, 1.807) is 5.01 Å². The molecule has 11 heavy (non-hydrogen) atoms. The van der Waals surface area contributed by atoms with E-state index < -0.39 is 0 Å². The molecule has 1 aromatic carbocycles. The number of benzene rings is 1. The number of anilines is 1. The van der Waals surface area contributed by atoms with Crippen LogP contribution in [0.5, 0.6) is 0 Å². The van der Waals surface area contributed by atoms with Gasteiger partial charge in [0.15, 0.2) is 0 Å². The molecule has 0 saturated carbocycles. The Morgan fingerprint density at radius 3 is 2.18 bits per heavy atom. The SMILES string of the molecule is CCc1ccc(N(C)N)cc1. The highest BCUT2D eigenvalue weighted by molar-refractivity contribution is 5.45. The lowest BCUT2D eigenvalue weighted by atomic mass is 10.1. The van der Waals surface area contributed by atoms with E-state index in [4.69, 9.17) is 5.84 Å². The van der Waals surface area contributed by atoms with Gasteiger partial charge < -0.3 is 5.01 Å². The fourth-order valence-corrected chi connectivity index (χ4v) is 0.967. The topological polar surface area (TPSA) is 29.3 Å². The van der Waals surface area contributed by atoms with Crippen molar-refractivity contribution in [2.24, 2.45) is 5.84 Å². The van der Waals surface area contributed by atoms with E-state index >= 15 is 0 Å². The van der Waals surface area contributed by atoms with Crippen LogP contribution in [0.2, 0.25) is 0 Å². The molecule has 0 bridgehead atoms. The summed E-state index contributed by atoms with van der Waals surface area (Å²) in [6, 6.07) is 8.25. The van der Waals surface area contributed by atoms with Gasteiger partial charge in [-0.05, 0) is 24.1 Å². The first-order chi connectivity index (χ1) is 5.24. The monoisotopic (exact) mass is 150 g/mol. The Morgan fingerprint density at radius 1 is 1.27 bits per heavy atom. The summed E-state index contributed by atoms with van der Waals surface area (Å²) in [5.74, 6) is 5.54. The molecular weight excluding hydrogens is 136 g/mol. The van der Waals surface area contributed by atoms with E-state index in [2.05, 4.69) is 19.1 Å². The van der Waals surface area contributed by atoms with Crippen molar-refractivity contribution in [3.63, 3.8) is 0 Å². The van der Waals surface area contributed by atoms with Crippen LogP contribution in [0.4, 0.5) is 5.69 Å². The number of hydrogen-bond acceptors (Lipinski definition) is 2. The highest BCUT2D eigenvalue weighted by Gasteiger charge is 1.93. The molecule has 2 N–H and O–H groups in total. The van der Waals surface area contributed by atoms with Crippen molar-refractivity contribution >= 4 is 5.69 Å². The highest BCUT2D eigenvalue weighted by Crippen LogP contribution is 2.10. The van der Waals surface area contributed by atoms with Crippen molar-refractivity contribution in [2.75, 3.05) is 12.1 Å². The largest absolute Gasteiger partial charge is 0.314 e. The van der Waals surface area contributed by atoms with Crippen LogP contribution in [0, 0.1) is 0 Å². The quantitative estimate of drug-likeness (QED) is 0.512. The lowest BCUT2D eigenvalue weighted by molar-refractivity contribution is 1.01. The zero-order valence-electron chi connectivity index (χ0n) is 7.04. The van der Waals surface area contributed by atoms with Crippen molar-refractivity contribution in [2.45, 2.75) is 13.3 Å². The Balaban J connectivity index is 2.83. The fourth-order valence-electron chi connectivity index (χ4n) is 0.967. The van der Waals surface area contributed by atoms with Crippen molar-refractivity contribution in [3.8, 4) is 0 Å². The van der Waals surface area contributed by atoms with Gasteiger partial charge >= 0.3 is 0 Å². The number of nitrogens with zero attached hydrogens (tertiary/aromatic N) is 1. The number of aryl methyl sites for hydroxylation is 1. The van der Waals surface area contributed by atoms with Gasteiger partial charge in [-0.25, -0.2) is 5.84 Å². The lowest BCUT2D eigenvalue weighted by Crippen LogP contribution is -2.24. The summed E-state index contributed by atoms with van der Waals surface area (Å²) < 4.78 is 0. The van der Waals surface area contributed by atoms with Gasteiger partial charge in [0.1, 0.15) is 0 Å². The number of hydrazine groups is 1. The van der Waals surface area contributed by atoms with Crippen LogP contribution in [0.3, 0.4) is 0 Å². The normalized spacial score (nSPS) is 9.73. The molecule has 0 atom stereocenters. The van der Waals surface area contributed by atoms with Crippen molar-refractivity contribution in [3.05, 3.63) is 29.8 Å². The number of rotatable bonds is 2. The average molecular weight is 150 g/mol. The molecule has 0 saturated heterocycles. The first-order valence-corrected chi connectivity index (χ1v) is 3.81. The summed E-state index contributed by atoms with van der Waals surface area (Å²) in [7, 11) is 1.83. The third kappa shape index (κ3) is 1.95. The molecule has 1 rings (SSSR count). The van der Waals surface area contributed by atoms with Crippen LogP contribution in [-0.4, -0.2) is 7.05 Å². The third-order valence-corrected chi connectivity index (χ3v) is 1.75. The molecule has 0 radical (unpaired) electrons. The minimum atomic E-state index is 1.04. The Kier molecular flexibility index (Phi) is 2.49. The van der Waals surface area contributed by atoms with Crippen molar-refractivity contribution < 1.29 is 0 Å². The van der Waals surface area contributed by atoms with Gasteiger partial charge in [-0.3, -0.25) is 0 Å². The van der Waals surface area contributed by atoms with Crippen LogP contribution in [0.25, 0.3) is 0 Å². The summed E-state index contributed by atoms with van der Waals surface area (Å²) in [6.07, 6.45) is 1.08. The minimum absolute atomic E-state index is 1.04. The molecule has 2 nitrogen and oxygen atoms in total. The van der Waals surface area contributed by atoms with Crippen molar-refractivity contribution in [1.82, 2.24) is 0 Å². The summed E-state index contributed by atoms with van der Waals surface area (Å²) in [5.41, 5.74) is 2.39. The fraction of sp³-hybridized carbons (Fsp3) is 0.333. The molecule has 0 aromatic heterocycles. The molecule has 0 amide bonds. The Bertz CT molecular complexity index is 214. The maximum Gasteiger partial charge on any atom is 0.0514 e. The second-order valence-electron chi connectivity index (χ2n) is 2.63. The Morgan fingerprint density at radius 2 is 1.82 bits per heavy atom. The molecule has 1 aromatic rings. The van der Waals surface area contributed by atoms with Gasteiger partial charge in [0, 0.05) is 7.05 Å². The molecule has 0 aliphatic carbocycles. The van der Waals surface area contributed by atoms with Crippen LogP contribution in [0.1, 0.15) is 12.5 Å². The lowest BCUT2D eigenvalue weighted by Gasteiger charge is -2.11. The summed E-state index contributed by atoms with van der Waals surface area (Å²) in [6.45, 7) is 2.14. The van der Waals surface area contributed by atoms with E-state index in [1.807, 2.05) is 19.2 Å². The second kappa shape index (κ2) is 3.39. The molecule has 60 valence electrons. The summed E-state index contributed by atoms with van der Waals surface area (Å²) >= 11 is 0. The number of nitrogens with two attached hydrogens (primary N) is 1. The molecule has 2 heteroatoms. The average Bonchev–Trinajstić information content (AvgIpc) is 2.05. The smallest absolute Gasteiger partial charge is 0.0514 e. The van der Waals surface area contributed by atoms with E-state index in [0.29, 0.717) is 0 Å². The molecular formula is C9H14N2. The standard InChI is InChI=1S/C9H14N2/c1-3-8-4-6-9(7-5-8)11(2)10/h4-7H,3,10H2,1-2H3. The third-order valence-electron chi connectivity index (χ3n) is 1.75. The molecule has 0 unspecified atom stereocenters. The summed E-state index contributed by atoms with van der Waals surface area (Å²) in [5, 5.41) is 1.61. The number of hydrogen-bond donors (Lipinski definition) is 1. The van der Waals surface area contributed by atoms with Crippen molar-refractivity contribution in [1.29, 1.82) is 0 Å². The van der Waals surface area contributed by atoms with E-state index in [1.165, 1.54) is 5.56 Å². The molecule has 0 aliphatic heterocycles. The predicted molar refractivity (Wildman–Crippen MR) is 48.4 cm³/mol. The van der Waals surface area contributed by atoms with E-state index in [0.717, 1.165) is 12.1 Å². The molecule has 0 heterocycles. The van der Waals surface area contributed by atoms with Crippen LogP contribution >= 0.6 is 0 Å². The van der Waals surface area contributed by atoms with Gasteiger partial charge in [-0.15, -0.1) is 0 Å². The van der Waals surface area contributed by atoms with Crippen LogP contribution < -0.4 is 10.9 Å². The molecule has 0 aliphatic rings. The van der Waals surface area contributed by atoms with E-state index in [-0.39, 0.29) is 0 Å². The highest BCUT2D eigenvalue weighted by atomic mass is 15.4. The first kappa shape index (κ1) is 8.08.